The van der Waals surface area contributed by atoms with Crippen LogP contribution >= 0.6 is 11.3 Å². The van der Waals surface area contributed by atoms with Gasteiger partial charge in [0.2, 0.25) is 0 Å². The molecule has 7 nitrogen and oxygen atoms in total. The number of rotatable bonds is 4. The number of amides is 1. The molecule has 1 aliphatic rings. The van der Waals surface area contributed by atoms with Gasteiger partial charge in [0.1, 0.15) is 5.82 Å². The maximum atomic E-state index is 12.2. The fraction of sp³-hybridized carbons (Fsp3) is 0.375. The number of thiophene rings is 1. The second kappa shape index (κ2) is 6.96. The summed E-state index contributed by atoms with van der Waals surface area (Å²) >= 11 is 1.50. The molecule has 8 heteroatoms. The molecule has 3 heterocycles. The van der Waals surface area contributed by atoms with Gasteiger partial charge in [-0.15, -0.1) is 11.3 Å². The Bertz CT molecular complexity index is 736. The second-order valence-corrected chi connectivity index (χ2v) is 7.00. The first-order valence-electron chi connectivity index (χ1n) is 7.70. The Morgan fingerprint density at radius 1 is 1.25 bits per heavy atom. The van der Waals surface area contributed by atoms with E-state index in [4.69, 9.17) is 5.11 Å². The zero-order valence-electron chi connectivity index (χ0n) is 13.2. The molecule has 0 aromatic carbocycles. The molecule has 1 amide bonds. The van der Waals surface area contributed by atoms with Crippen LogP contribution in [0.3, 0.4) is 0 Å². The average Bonchev–Trinajstić information content (AvgIpc) is 3.02. The molecule has 0 bridgehead atoms. The maximum absolute atomic E-state index is 12.2. The minimum atomic E-state index is -1.08. The van der Waals surface area contributed by atoms with Crippen molar-refractivity contribution in [2.45, 2.75) is 25.8 Å². The predicted molar refractivity (Wildman–Crippen MR) is 90.7 cm³/mol. The number of anilines is 1. The third-order valence-electron chi connectivity index (χ3n) is 3.98. The van der Waals surface area contributed by atoms with Crippen molar-refractivity contribution in [3.8, 4) is 0 Å². The molecule has 0 unspecified atom stereocenters. The first-order chi connectivity index (χ1) is 11.5. The van der Waals surface area contributed by atoms with Crippen LogP contribution in [0.1, 0.15) is 37.9 Å². The van der Waals surface area contributed by atoms with E-state index in [0.717, 1.165) is 35.7 Å². The Hall–Kier alpha value is -2.48. The fourth-order valence-corrected chi connectivity index (χ4v) is 3.43. The van der Waals surface area contributed by atoms with Crippen molar-refractivity contribution in [2.75, 3.05) is 18.0 Å². The molecule has 2 aromatic rings. The van der Waals surface area contributed by atoms with Crippen LogP contribution in [0.25, 0.3) is 0 Å². The summed E-state index contributed by atoms with van der Waals surface area (Å²) in [6.07, 6.45) is 4.39. The van der Waals surface area contributed by atoms with E-state index >= 15 is 0 Å². The zero-order chi connectivity index (χ0) is 17.1. The molecule has 24 heavy (non-hydrogen) atoms. The molecule has 0 radical (unpaired) electrons. The van der Waals surface area contributed by atoms with E-state index in [0.29, 0.717) is 5.82 Å². The summed E-state index contributed by atoms with van der Waals surface area (Å²) in [5, 5.41) is 11.9. The summed E-state index contributed by atoms with van der Waals surface area (Å²) in [7, 11) is 0. The van der Waals surface area contributed by atoms with Gasteiger partial charge in [0.05, 0.1) is 17.3 Å². The monoisotopic (exact) mass is 346 g/mol. The molecule has 1 fully saturated rings. The molecule has 2 aromatic heterocycles. The molecule has 2 N–H and O–H groups in total. The van der Waals surface area contributed by atoms with Gasteiger partial charge in [-0.1, -0.05) is 0 Å². The molecular weight excluding hydrogens is 328 g/mol. The highest BCUT2D eigenvalue weighted by Gasteiger charge is 2.22. The van der Waals surface area contributed by atoms with Crippen molar-refractivity contribution < 1.29 is 14.7 Å². The first-order valence-corrected chi connectivity index (χ1v) is 8.52. The van der Waals surface area contributed by atoms with Crippen LogP contribution in [0, 0.1) is 6.92 Å². The van der Waals surface area contributed by atoms with Crippen LogP contribution in [0.15, 0.2) is 24.5 Å². The Kier molecular flexibility index (Phi) is 4.75. The summed E-state index contributed by atoms with van der Waals surface area (Å²) in [4.78, 5) is 34.9. The van der Waals surface area contributed by atoms with Crippen LogP contribution in [0.4, 0.5) is 5.82 Å². The van der Waals surface area contributed by atoms with E-state index < -0.39 is 5.97 Å². The van der Waals surface area contributed by atoms with E-state index in [2.05, 4.69) is 20.2 Å². The van der Waals surface area contributed by atoms with Crippen molar-refractivity contribution in [3.63, 3.8) is 0 Å². The van der Waals surface area contributed by atoms with Crippen LogP contribution in [0.5, 0.6) is 0 Å². The minimum absolute atomic E-state index is 0.0165. The number of nitrogens with zero attached hydrogens (tertiary/aromatic N) is 3. The van der Waals surface area contributed by atoms with Crippen molar-refractivity contribution in [2.24, 2.45) is 0 Å². The minimum Gasteiger partial charge on any atom is -0.476 e. The van der Waals surface area contributed by atoms with Crippen molar-refractivity contribution in [1.82, 2.24) is 15.3 Å². The molecule has 0 spiro atoms. The van der Waals surface area contributed by atoms with Crippen LogP contribution in [-0.2, 0) is 0 Å². The number of carboxylic acids is 1. The standard InChI is InChI=1S/C16H18N4O3S/c1-10-2-3-13(24-10)15(21)19-11-4-6-20(7-5-11)14-9-17-12(8-18-14)16(22)23/h2-3,8-9,11H,4-7H2,1H3,(H,19,21)(H,22,23). The molecule has 0 saturated carbocycles. The number of carbonyl (C=O) groups excluding carboxylic acids is 1. The SMILES string of the molecule is Cc1ccc(C(=O)NC2CCN(c3cnc(C(=O)O)cn3)CC2)s1. The molecule has 1 saturated heterocycles. The van der Waals surface area contributed by atoms with Crippen molar-refractivity contribution in [1.29, 1.82) is 0 Å². The molecular formula is C16H18N4O3S. The Morgan fingerprint density at radius 3 is 2.54 bits per heavy atom. The average molecular weight is 346 g/mol. The lowest BCUT2D eigenvalue weighted by molar-refractivity contribution is 0.0689. The van der Waals surface area contributed by atoms with E-state index in [1.807, 2.05) is 19.1 Å². The number of aromatic carboxylic acids is 1. The highest BCUT2D eigenvalue weighted by Crippen LogP contribution is 2.19. The number of aryl methyl sites for hydroxylation is 1. The lowest BCUT2D eigenvalue weighted by Gasteiger charge is -2.32. The maximum Gasteiger partial charge on any atom is 0.356 e. The Labute approximate surface area is 143 Å². The lowest BCUT2D eigenvalue weighted by Crippen LogP contribution is -2.44. The Morgan fingerprint density at radius 2 is 2.00 bits per heavy atom. The third kappa shape index (κ3) is 3.70. The zero-order valence-corrected chi connectivity index (χ0v) is 14.0. The predicted octanol–water partition coefficient (Wildman–Crippen LogP) is 1.94. The summed E-state index contributed by atoms with van der Waals surface area (Å²) in [5.74, 6) is -0.435. The lowest BCUT2D eigenvalue weighted by atomic mass is 10.1. The first kappa shape index (κ1) is 16.4. The highest BCUT2D eigenvalue weighted by atomic mass is 32.1. The van der Waals surface area contributed by atoms with Gasteiger partial charge >= 0.3 is 5.97 Å². The van der Waals surface area contributed by atoms with Gasteiger partial charge in [0.25, 0.3) is 5.91 Å². The topological polar surface area (TPSA) is 95.4 Å². The highest BCUT2D eigenvalue weighted by molar-refractivity contribution is 7.13. The normalized spacial score (nSPS) is 15.3. The van der Waals surface area contributed by atoms with Crippen LogP contribution in [-0.4, -0.2) is 46.1 Å². The van der Waals surface area contributed by atoms with Gasteiger partial charge in [-0.25, -0.2) is 14.8 Å². The van der Waals surface area contributed by atoms with Crippen molar-refractivity contribution >= 4 is 29.0 Å². The largest absolute Gasteiger partial charge is 0.476 e. The number of aromatic nitrogens is 2. The molecule has 3 rings (SSSR count). The number of hydrogen-bond acceptors (Lipinski definition) is 6. The summed E-state index contributed by atoms with van der Waals surface area (Å²) in [6, 6.07) is 3.94. The van der Waals surface area contributed by atoms with Gasteiger partial charge in [0, 0.05) is 24.0 Å². The molecule has 0 atom stereocenters. The van der Waals surface area contributed by atoms with Crippen LogP contribution < -0.4 is 10.2 Å². The number of nitrogens with one attached hydrogen (secondary N) is 1. The summed E-state index contributed by atoms with van der Waals surface area (Å²) in [6.45, 7) is 3.47. The van der Waals surface area contributed by atoms with E-state index in [1.54, 1.807) is 0 Å². The number of carboxylic acid groups (broad SMARTS) is 1. The molecule has 1 aliphatic heterocycles. The fourth-order valence-electron chi connectivity index (χ4n) is 2.66. The van der Waals surface area contributed by atoms with Gasteiger partial charge in [-0.3, -0.25) is 4.79 Å². The van der Waals surface area contributed by atoms with Crippen molar-refractivity contribution in [3.05, 3.63) is 40.0 Å². The van der Waals surface area contributed by atoms with E-state index in [-0.39, 0.29) is 17.6 Å². The summed E-state index contributed by atoms with van der Waals surface area (Å²) < 4.78 is 0. The smallest absolute Gasteiger partial charge is 0.356 e. The third-order valence-corrected chi connectivity index (χ3v) is 4.98. The quantitative estimate of drug-likeness (QED) is 0.878. The van der Waals surface area contributed by atoms with E-state index in [1.165, 1.54) is 23.7 Å². The van der Waals surface area contributed by atoms with Crippen LogP contribution in [0.2, 0.25) is 0 Å². The molecule has 0 aliphatic carbocycles. The van der Waals surface area contributed by atoms with Gasteiger partial charge in [0.15, 0.2) is 5.69 Å². The van der Waals surface area contributed by atoms with Gasteiger partial charge < -0.3 is 15.3 Å². The Balaban J connectivity index is 1.53. The second-order valence-electron chi connectivity index (χ2n) is 5.71. The number of hydrogen-bond donors (Lipinski definition) is 2. The summed E-state index contributed by atoms with van der Waals surface area (Å²) in [5.41, 5.74) is -0.0628. The van der Waals surface area contributed by atoms with Gasteiger partial charge in [-0.05, 0) is 31.9 Å². The molecule has 126 valence electrons. The number of piperidine rings is 1. The number of carbonyl (C=O) groups is 2. The van der Waals surface area contributed by atoms with E-state index in [9.17, 15) is 9.59 Å². The van der Waals surface area contributed by atoms with Gasteiger partial charge in [-0.2, -0.15) is 0 Å².